The smallest absolute Gasteiger partial charge is 0.323 e. The number of unbranched alkanes of at least 4 members (excludes halogenated alkanes) is 9. The molecule has 0 bridgehead atoms. The first kappa shape index (κ1) is 24.4. The highest BCUT2D eigenvalue weighted by molar-refractivity contribution is 8.00. The number of carbonyl (C=O) groups excluding carboxylic acids is 1. The molecular weight excluding hydrogens is 396 g/mol. The molecule has 0 aliphatic rings. The number of aryl methyl sites for hydroxylation is 2. The van der Waals surface area contributed by atoms with Crippen molar-refractivity contribution in [1.29, 1.82) is 0 Å². The minimum absolute atomic E-state index is 0.279. The highest BCUT2D eigenvalue weighted by Gasteiger charge is 2.27. The largest absolute Gasteiger partial charge is 0.468 e. The molecule has 1 heterocycles. The van der Waals surface area contributed by atoms with E-state index < -0.39 is 5.25 Å². The van der Waals surface area contributed by atoms with Crippen molar-refractivity contribution in [3.8, 4) is 0 Å². The number of ether oxygens (including phenoxy) is 1. The van der Waals surface area contributed by atoms with Crippen molar-refractivity contribution in [2.75, 3.05) is 7.11 Å². The highest BCUT2D eigenvalue weighted by atomic mass is 32.2. The molecule has 0 radical (unpaired) electrons. The Bertz CT molecular complexity index is 750. The van der Waals surface area contributed by atoms with E-state index in [0.29, 0.717) is 5.16 Å². The SMILES string of the molecule is CCCCCCCCCCCCc1ccccc1C(Sc1nnnn1C)C(=O)OC. The van der Waals surface area contributed by atoms with Gasteiger partial charge in [0.25, 0.3) is 0 Å². The summed E-state index contributed by atoms with van der Waals surface area (Å²) in [6.07, 6.45) is 14.1. The lowest BCUT2D eigenvalue weighted by atomic mass is 9.98. The van der Waals surface area contributed by atoms with Crippen LogP contribution in [-0.2, 0) is 23.0 Å². The lowest BCUT2D eigenvalue weighted by Crippen LogP contribution is -2.14. The van der Waals surface area contributed by atoms with Gasteiger partial charge >= 0.3 is 5.97 Å². The number of hydrogen-bond acceptors (Lipinski definition) is 6. The van der Waals surface area contributed by atoms with Gasteiger partial charge in [-0.15, -0.1) is 5.10 Å². The van der Waals surface area contributed by atoms with Gasteiger partial charge in [0.1, 0.15) is 5.25 Å². The number of hydrogen-bond donors (Lipinski definition) is 0. The summed E-state index contributed by atoms with van der Waals surface area (Å²) >= 11 is 1.33. The zero-order valence-corrected chi connectivity index (χ0v) is 19.5. The molecule has 0 N–H and O–H groups in total. The number of benzene rings is 1. The Morgan fingerprint density at radius 3 is 2.27 bits per heavy atom. The van der Waals surface area contributed by atoms with Crippen LogP contribution in [-0.4, -0.2) is 33.3 Å². The van der Waals surface area contributed by atoms with Crippen LogP contribution in [0.5, 0.6) is 0 Å². The first-order valence-corrected chi connectivity index (χ1v) is 12.1. The second-order valence-electron chi connectivity index (χ2n) is 7.74. The Labute approximate surface area is 185 Å². The van der Waals surface area contributed by atoms with Crippen molar-refractivity contribution in [2.45, 2.75) is 88.0 Å². The van der Waals surface area contributed by atoms with Crippen LogP contribution in [0.2, 0.25) is 0 Å². The van der Waals surface area contributed by atoms with Crippen LogP contribution in [0.3, 0.4) is 0 Å². The maximum atomic E-state index is 12.5. The van der Waals surface area contributed by atoms with Crippen molar-refractivity contribution in [3.05, 3.63) is 35.4 Å². The van der Waals surface area contributed by atoms with Crippen molar-refractivity contribution in [1.82, 2.24) is 20.2 Å². The summed E-state index contributed by atoms with van der Waals surface area (Å²) in [4.78, 5) is 12.5. The summed E-state index contributed by atoms with van der Waals surface area (Å²) < 4.78 is 6.65. The molecular formula is C23H36N4O2S. The minimum atomic E-state index is -0.473. The Morgan fingerprint density at radius 1 is 1.03 bits per heavy atom. The Morgan fingerprint density at radius 2 is 1.67 bits per heavy atom. The Kier molecular flexibility index (Phi) is 11.5. The molecule has 0 aliphatic carbocycles. The van der Waals surface area contributed by atoms with E-state index in [4.69, 9.17) is 4.74 Å². The average molecular weight is 433 g/mol. The molecule has 0 saturated heterocycles. The summed E-state index contributed by atoms with van der Waals surface area (Å²) in [5.41, 5.74) is 2.20. The molecule has 0 aliphatic heterocycles. The first-order valence-electron chi connectivity index (χ1n) is 11.2. The van der Waals surface area contributed by atoms with E-state index in [1.54, 1.807) is 11.7 Å². The topological polar surface area (TPSA) is 69.9 Å². The molecule has 0 amide bonds. The second kappa shape index (κ2) is 14.2. The number of thioether (sulfide) groups is 1. The summed E-state index contributed by atoms with van der Waals surface area (Å²) in [5, 5.41) is 11.7. The summed E-state index contributed by atoms with van der Waals surface area (Å²) in [6, 6.07) is 8.15. The summed E-state index contributed by atoms with van der Waals surface area (Å²) in [5.74, 6) is -0.279. The fourth-order valence-electron chi connectivity index (χ4n) is 3.59. The fraction of sp³-hybridized carbons (Fsp3) is 0.652. The molecule has 6 nitrogen and oxygen atoms in total. The number of aromatic nitrogens is 4. The van der Waals surface area contributed by atoms with E-state index in [0.717, 1.165) is 18.4 Å². The van der Waals surface area contributed by atoms with Gasteiger partial charge < -0.3 is 4.74 Å². The summed E-state index contributed by atoms with van der Waals surface area (Å²) in [7, 11) is 3.20. The Hall–Kier alpha value is -1.89. The van der Waals surface area contributed by atoms with Gasteiger partial charge in [0.2, 0.25) is 5.16 Å². The fourth-order valence-corrected chi connectivity index (χ4v) is 4.63. The van der Waals surface area contributed by atoms with Crippen molar-refractivity contribution >= 4 is 17.7 Å². The first-order chi connectivity index (χ1) is 14.7. The minimum Gasteiger partial charge on any atom is -0.468 e. The normalized spacial score (nSPS) is 12.1. The van der Waals surface area contributed by atoms with Crippen molar-refractivity contribution in [2.24, 2.45) is 7.05 Å². The van der Waals surface area contributed by atoms with E-state index >= 15 is 0 Å². The molecule has 2 rings (SSSR count). The van der Waals surface area contributed by atoms with Crippen LogP contribution in [0.25, 0.3) is 0 Å². The van der Waals surface area contributed by atoms with Crippen LogP contribution < -0.4 is 0 Å². The van der Waals surface area contributed by atoms with Gasteiger partial charge in [-0.25, -0.2) is 4.68 Å². The van der Waals surface area contributed by atoms with Crippen LogP contribution in [0.15, 0.2) is 29.4 Å². The zero-order valence-electron chi connectivity index (χ0n) is 18.7. The van der Waals surface area contributed by atoms with Gasteiger partial charge in [-0.3, -0.25) is 4.79 Å². The predicted molar refractivity (Wildman–Crippen MR) is 121 cm³/mol. The third-order valence-corrected chi connectivity index (χ3v) is 6.60. The maximum absolute atomic E-state index is 12.5. The van der Waals surface area contributed by atoms with Crippen LogP contribution in [0.1, 0.15) is 87.5 Å². The average Bonchev–Trinajstić information content (AvgIpc) is 3.17. The molecule has 0 saturated carbocycles. The highest BCUT2D eigenvalue weighted by Crippen LogP contribution is 2.36. The van der Waals surface area contributed by atoms with Crippen molar-refractivity contribution in [3.63, 3.8) is 0 Å². The summed E-state index contributed by atoms with van der Waals surface area (Å²) in [6.45, 7) is 2.26. The molecule has 2 aromatic rings. The number of methoxy groups -OCH3 is 1. The van der Waals surface area contributed by atoms with Gasteiger partial charge in [0.15, 0.2) is 0 Å². The number of esters is 1. The lowest BCUT2D eigenvalue weighted by molar-refractivity contribution is -0.140. The molecule has 0 spiro atoms. The second-order valence-corrected chi connectivity index (χ2v) is 8.81. The van der Waals surface area contributed by atoms with E-state index in [1.807, 2.05) is 18.2 Å². The van der Waals surface area contributed by atoms with Gasteiger partial charge in [-0.2, -0.15) is 0 Å². The van der Waals surface area contributed by atoms with Gasteiger partial charge in [0, 0.05) is 7.05 Å². The van der Waals surface area contributed by atoms with E-state index in [1.165, 1.54) is 82.2 Å². The molecule has 7 heteroatoms. The number of nitrogens with zero attached hydrogens (tertiary/aromatic N) is 4. The maximum Gasteiger partial charge on any atom is 0.323 e. The Balaban J connectivity index is 1.86. The van der Waals surface area contributed by atoms with Crippen LogP contribution in [0.4, 0.5) is 0 Å². The molecule has 30 heavy (non-hydrogen) atoms. The van der Waals surface area contributed by atoms with E-state index in [9.17, 15) is 4.79 Å². The molecule has 1 atom stereocenters. The third kappa shape index (κ3) is 8.09. The van der Waals surface area contributed by atoms with Gasteiger partial charge in [0.05, 0.1) is 7.11 Å². The molecule has 1 aromatic heterocycles. The standard InChI is InChI=1S/C23H36N4O2S/c1-4-5-6-7-8-9-10-11-12-13-16-19-17-14-15-18-20(19)21(22(28)29-3)30-23-24-25-26-27(23)2/h14-15,17-18,21H,4-13,16H2,1-3H3. The van der Waals surface area contributed by atoms with Crippen LogP contribution >= 0.6 is 11.8 Å². The number of rotatable bonds is 15. The molecule has 166 valence electrons. The van der Waals surface area contributed by atoms with Gasteiger partial charge in [-0.1, -0.05) is 101 Å². The third-order valence-electron chi connectivity index (χ3n) is 5.36. The molecule has 0 fully saturated rings. The van der Waals surface area contributed by atoms with E-state index in [-0.39, 0.29) is 5.97 Å². The van der Waals surface area contributed by atoms with E-state index in [2.05, 4.69) is 28.5 Å². The quantitative estimate of drug-likeness (QED) is 0.205. The number of tetrazole rings is 1. The lowest BCUT2D eigenvalue weighted by Gasteiger charge is -2.17. The van der Waals surface area contributed by atoms with Crippen molar-refractivity contribution < 1.29 is 9.53 Å². The van der Waals surface area contributed by atoms with Crippen LogP contribution in [0, 0.1) is 0 Å². The number of carbonyl (C=O) groups is 1. The molecule has 1 aromatic carbocycles. The molecule has 1 unspecified atom stereocenters. The zero-order chi connectivity index (χ0) is 21.6. The monoisotopic (exact) mass is 432 g/mol. The predicted octanol–water partition coefficient (Wildman–Crippen LogP) is 5.68. The van der Waals surface area contributed by atoms with Gasteiger partial charge in [-0.05, 0) is 34.4 Å².